The molecular formula is C16H21FN2O. The predicted octanol–water partition coefficient (Wildman–Crippen LogP) is 2.30. The summed E-state index contributed by atoms with van der Waals surface area (Å²) in [6.45, 7) is 6.29. The number of halogens is 1. The summed E-state index contributed by atoms with van der Waals surface area (Å²) in [5, 5.41) is 2.96. The summed E-state index contributed by atoms with van der Waals surface area (Å²) in [4.78, 5) is 12.3. The van der Waals surface area contributed by atoms with Crippen LogP contribution in [0.3, 0.4) is 0 Å². The number of carbonyl (C=O) groups is 1. The molecular weight excluding hydrogens is 255 g/mol. The number of rotatable bonds is 4. The first-order valence-electron chi connectivity index (χ1n) is 6.79. The summed E-state index contributed by atoms with van der Waals surface area (Å²) in [7, 11) is 0. The molecule has 0 aliphatic carbocycles. The van der Waals surface area contributed by atoms with Crippen LogP contribution in [0.1, 0.15) is 43.1 Å². The summed E-state index contributed by atoms with van der Waals surface area (Å²) >= 11 is 0. The number of benzene rings is 1. The Morgan fingerprint density at radius 2 is 2.15 bits per heavy atom. The van der Waals surface area contributed by atoms with Gasteiger partial charge in [0.1, 0.15) is 5.82 Å². The highest BCUT2D eigenvalue weighted by molar-refractivity contribution is 5.96. The van der Waals surface area contributed by atoms with E-state index in [2.05, 4.69) is 17.2 Å². The summed E-state index contributed by atoms with van der Waals surface area (Å²) < 4.78 is 13.3. The molecule has 4 heteroatoms. The molecule has 0 spiro atoms. The molecule has 1 unspecified atom stereocenters. The molecule has 1 rings (SSSR count). The minimum absolute atomic E-state index is 0.0860. The van der Waals surface area contributed by atoms with E-state index in [1.54, 1.807) is 0 Å². The Balaban J connectivity index is 3.03. The SMILES string of the molecule is CCC(NC(=O)c1ccc(F)cc1C#CCN)C(C)C. The highest BCUT2D eigenvalue weighted by Crippen LogP contribution is 2.12. The van der Waals surface area contributed by atoms with E-state index in [0.717, 1.165) is 6.42 Å². The quantitative estimate of drug-likeness (QED) is 0.829. The molecule has 3 N–H and O–H groups in total. The van der Waals surface area contributed by atoms with Crippen LogP contribution in [0, 0.1) is 23.6 Å². The lowest BCUT2D eigenvalue weighted by Crippen LogP contribution is -2.38. The first-order valence-corrected chi connectivity index (χ1v) is 6.79. The third kappa shape index (κ3) is 4.36. The third-order valence-electron chi connectivity index (χ3n) is 3.11. The molecule has 0 aromatic heterocycles. The minimum atomic E-state index is -0.418. The maximum atomic E-state index is 13.3. The Morgan fingerprint density at radius 1 is 1.45 bits per heavy atom. The summed E-state index contributed by atoms with van der Waals surface area (Å²) in [5.74, 6) is 5.08. The number of nitrogens with one attached hydrogen (secondary N) is 1. The molecule has 0 saturated heterocycles. The van der Waals surface area contributed by atoms with Crippen molar-refractivity contribution < 1.29 is 9.18 Å². The molecule has 1 aromatic carbocycles. The average Bonchev–Trinajstić information content (AvgIpc) is 2.41. The lowest BCUT2D eigenvalue weighted by atomic mass is 10.0. The van der Waals surface area contributed by atoms with Gasteiger partial charge in [-0.2, -0.15) is 0 Å². The van der Waals surface area contributed by atoms with Gasteiger partial charge in [-0.3, -0.25) is 4.79 Å². The van der Waals surface area contributed by atoms with Gasteiger partial charge in [0, 0.05) is 11.6 Å². The number of hydrogen-bond donors (Lipinski definition) is 2. The van der Waals surface area contributed by atoms with Crippen molar-refractivity contribution in [2.24, 2.45) is 11.7 Å². The second kappa shape index (κ2) is 7.66. The molecule has 1 aromatic rings. The minimum Gasteiger partial charge on any atom is -0.349 e. The molecule has 108 valence electrons. The second-order valence-electron chi connectivity index (χ2n) is 4.93. The van der Waals surface area contributed by atoms with Crippen LogP contribution >= 0.6 is 0 Å². The van der Waals surface area contributed by atoms with Crippen molar-refractivity contribution in [3.05, 3.63) is 35.1 Å². The van der Waals surface area contributed by atoms with Crippen molar-refractivity contribution in [1.82, 2.24) is 5.32 Å². The predicted molar refractivity (Wildman–Crippen MR) is 78.7 cm³/mol. The summed E-state index contributed by atoms with van der Waals surface area (Å²) in [6.07, 6.45) is 0.842. The molecule has 1 atom stereocenters. The number of nitrogens with two attached hydrogens (primary N) is 1. The zero-order chi connectivity index (χ0) is 15.1. The van der Waals surface area contributed by atoms with E-state index in [9.17, 15) is 9.18 Å². The van der Waals surface area contributed by atoms with Gasteiger partial charge in [0.05, 0.1) is 12.1 Å². The van der Waals surface area contributed by atoms with Gasteiger partial charge in [-0.05, 0) is 30.5 Å². The van der Waals surface area contributed by atoms with Crippen LogP contribution in [0.15, 0.2) is 18.2 Å². The van der Waals surface area contributed by atoms with Crippen molar-refractivity contribution in [2.45, 2.75) is 33.2 Å². The molecule has 0 radical (unpaired) electrons. The van der Waals surface area contributed by atoms with E-state index in [1.807, 2.05) is 20.8 Å². The fraction of sp³-hybridized carbons (Fsp3) is 0.438. The van der Waals surface area contributed by atoms with Gasteiger partial charge in [0.2, 0.25) is 0 Å². The van der Waals surface area contributed by atoms with Crippen LogP contribution in [0.4, 0.5) is 4.39 Å². The normalized spacial score (nSPS) is 11.7. The molecule has 0 heterocycles. The van der Waals surface area contributed by atoms with Gasteiger partial charge >= 0.3 is 0 Å². The Kier molecular flexibility index (Phi) is 6.20. The summed E-state index contributed by atoms with van der Waals surface area (Å²) in [6, 6.07) is 4.06. The molecule has 0 bridgehead atoms. The van der Waals surface area contributed by atoms with E-state index < -0.39 is 5.82 Å². The first-order chi connectivity index (χ1) is 9.49. The van der Waals surface area contributed by atoms with Crippen LogP contribution in [0.5, 0.6) is 0 Å². The number of hydrogen-bond acceptors (Lipinski definition) is 2. The van der Waals surface area contributed by atoms with Crippen molar-refractivity contribution in [3.8, 4) is 11.8 Å². The van der Waals surface area contributed by atoms with Crippen LogP contribution in [0.25, 0.3) is 0 Å². The van der Waals surface area contributed by atoms with Gasteiger partial charge < -0.3 is 11.1 Å². The lowest BCUT2D eigenvalue weighted by Gasteiger charge is -2.21. The fourth-order valence-corrected chi connectivity index (χ4v) is 1.95. The van der Waals surface area contributed by atoms with E-state index >= 15 is 0 Å². The van der Waals surface area contributed by atoms with Gasteiger partial charge in [-0.15, -0.1) is 0 Å². The van der Waals surface area contributed by atoms with Crippen LogP contribution in [0.2, 0.25) is 0 Å². The van der Waals surface area contributed by atoms with E-state index in [-0.39, 0.29) is 18.5 Å². The topological polar surface area (TPSA) is 55.1 Å². The molecule has 0 saturated carbocycles. The number of amides is 1. The zero-order valence-corrected chi connectivity index (χ0v) is 12.2. The zero-order valence-electron chi connectivity index (χ0n) is 12.2. The van der Waals surface area contributed by atoms with Crippen LogP contribution < -0.4 is 11.1 Å². The largest absolute Gasteiger partial charge is 0.349 e. The lowest BCUT2D eigenvalue weighted by molar-refractivity contribution is 0.0924. The number of carbonyl (C=O) groups excluding carboxylic acids is 1. The van der Waals surface area contributed by atoms with E-state index in [4.69, 9.17) is 5.73 Å². The molecule has 0 fully saturated rings. The third-order valence-corrected chi connectivity index (χ3v) is 3.11. The second-order valence-corrected chi connectivity index (χ2v) is 4.93. The average molecular weight is 276 g/mol. The molecule has 20 heavy (non-hydrogen) atoms. The monoisotopic (exact) mass is 276 g/mol. The Morgan fingerprint density at radius 3 is 2.70 bits per heavy atom. The van der Waals surface area contributed by atoms with Crippen LogP contribution in [-0.4, -0.2) is 18.5 Å². The Bertz CT molecular complexity index is 529. The fourth-order valence-electron chi connectivity index (χ4n) is 1.95. The van der Waals surface area contributed by atoms with Gasteiger partial charge in [0.15, 0.2) is 0 Å². The first kappa shape index (κ1) is 16.2. The highest BCUT2D eigenvalue weighted by atomic mass is 19.1. The van der Waals surface area contributed by atoms with Crippen molar-refractivity contribution in [1.29, 1.82) is 0 Å². The smallest absolute Gasteiger partial charge is 0.252 e. The molecule has 0 aliphatic heterocycles. The van der Waals surface area contributed by atoms with Crippen LogP contribution in [-0.2, 0) is 0 Å². The maximum absolute atomic E-state index is 13.3. The van der Waals surface area contributed by atoms with Gasteiger partial charge in [0.25, 0.3) is 5.91 Å². The van der Waals surface area contributed by atoms with Gasteiger partial charge in [-0.1, -0.05) is 32.6 Å². The molecule has 0 aliphatic rings. The molecule has 3 nitrogen and oxygen atoms in total. The highest BCUT2D eigenvalue weighted by Gasteiger charge is 2.17. The Hall–Kier alpha value is -1.86. The van der Waals surface area contributed by atoms with Crippen molar-refractivity contribution in [2.75, 3.05) is 6.54 Å². The van der Waals surface area contributed by atoms with Gasteiger partial charge in [-0.25, -0.2) is 4.39 Å². The Labute approximate surface area is 119 Å². The molecule has 1 amide bonds. The van der Waals surface area contributed by atoms with E-state index in [0.29, 0.717) is 17.0 Å². The van der Waals surface area contributed by atoms with E-state index in [1.165, 1.54) is 18.2 Å². The summed E-state index contributed by atoms with van der Waals surface area (Å²) in [5.41, 5.74) is 6.06. The van der Waals surface area contributed by atoms with Crippen molar-refractivity contribution in [3.63, 3.8) is 0 Å². The maximum Gasteiger partial charge on any atom is 0.252 e. The van der Waals surface area contributed by atoms with Crippen molar-refractivity contribution >= 4 is 5.91 Å². The standard InChI is InChI=1S/C16H21FN2O/c1-4-15(11(2)3)19-16(20)14-8-7-13(17)10-12(14)6-5-9-18/h7-8,10-11,15H,4,9,18H2,1-3H3,(H,19,20).